The van der Waals surface area contributed by atoms with Crippen LogP contribution in [0.1, 0.15) is 19.3 Å². The van der Waals surface area contributed by atoms with Gasteiger partial charge in [-0.2, -0.15) is 5.26 Å². The summed E-state index contributed by atoms with van der Waals surface area (Å²) in [5, 5.41) is 23.1. The van der Waals surface area contributed by atoms with Crippen molar-refractivity contribution in [3.63, 3.8) is 0 Å². The lowest BCUT2D eigenvalue weighted by Crippen LogP contribution is -2.23. The molecule has 1 fully saturated rings. The third-order valence-corrected chi connectivity index (χ3v) is 3.67. The highest BCUT2D eigenvalue weighted by Crippen LogP contribution is 2.33. The number of nitrogens with zero attached hydrogens (tertiary/aromatic N) is 2. The number of hydrogen-bond acceptors (Lipinski definition) is 4. The lowest BCUT2D eigenvalue weighted by atomic mass is 10.1. The Labute approximate surface area is 113 Å². The Morgan fingerprint density at radius 3 is 2.94 bits per heavy atom. The van der Waals surface area contributed by atoms with Gasteiger partial charge < -0.3 is 5.32 Å². The van der Waals surface area contributed by atoms with E-state index in [1.165, 1.54) is 6.07 Å². The molecule has 1 saturated carbocycles. The number of anilines is 1. The van der Waals surface area contributed by atoms with Gasteiger partial charge in [0.15, 0.2) is 0 Å². The maximum atomic E-state index is 11.0. The maximum absolute atomic E-state index is 11.0. The molecule has 0 heterocycles. The topological polar surface area (TPSA) is 79.0 Å². The lowest BCUT2D eigenvalue weighted by Gasteiger charge is -2.16. The van der Waals surface area contributed by atoms with Crippen LogP contribution in [0.5, 0.6) is 0 Å². The van der Waals surface area contributed by atoms with Gasteiger partial charge in [-0.05, 0) is 31.4 Å². The third-order valence-electron chi connectivity index (χ3n) is 3.18. The van der Waals surface area contributed by atoms with Crippen LogP contribution in [0.4, 0.5) is 11.4 Å². The van der Waals surface area contributed by atoms with E-state index in [-0.39, 0.29) is 17.6 Å². The number of nitriles is 1. The molecule has 0 spiro atoms. The number of nitro benzene ring substituents is 1. The summed E-state index contributed by atoms with van der Waals surface area (Å²) < 4.78 is 0.669. The van der Waals surface area contributed by atoms with Gasteiger partial charge in [0.2, 0.25) is 0 Å². The zero-order chi connectivity index (χ0) is 13.1. The minimum atomic E-state index is -0.413. The summed E-state index contributed by atoms with van der Waals surface area (Å²) in [4.78, 5) is 10.6. The molecule has 0 aromatic heterocycles. The molecule has 0 bridgehead atoms. The minimum absolute atomic E-state index is 0.00914. The van der Waals surface area contributed by atoms with Gasteiger partial charge in [-0.3, -0.25) is 10.1 Å². The van der Waals surface area contributed by atoms with Crippen molar-refractivity contribution in [2.75, 3.05) is 5.32 Å². The monoisotopic (exact) mass is 309 g/mol. The Morgan fingerprint density at radius 2 is 2.28 bits per heavy atom. The smallest absolute Gasteiger partial charge is 0.293 e. The van der Waals surface area contributed by atoms with Crippen LogP contribution in [0.25, 0.3) is 0 Å². The van der Waals surface area contributed by atoms with Crippen LogP contribution >= 0.6 is 15.9 Å². The molecule has 1 N–H and O–H groups in total. The van der Waals surface area contributed by atoms with Gasteiger partial charge in [0.05, 0.1) is 16.9 Å². The fourth-order valence-corrected chi connectivity index (χ4v) is 2.61. The van der Waals surface area contributed by atoms with Crippen LogP contribution in [-0.4, -0.2) is 11.0 Å². The Hall–Kier alpha value is -1.61. The second-order valence-electron chi connectivity index (χ2n) is 4.34. The summed E-state index contributed by atoms with van der Waals surface area (Å²) in [5.41, 5.74) is 0.517. The average molecular weight is 310 g/mol. The molecule has 5 nitrogen and oxygen atoms in total. The van der Waals surface area contributed by atoms with Crippen molar-refractivity contribution < 1.29 is 4.92 Å². The Bertz CT molecular complexity index is 513. The van der Waals surface area contributed by atoms with Gasteiger partial charge in [-0.15, -0.1) is 0 Å². The van der Waals surface area contributed by atoms with Gasteiger partial charge in [0, 0.05) is 16.6 Å². The number of nitro groups is 1. The van der Waals surface area contributed by atoms with Gasteiger partial charge >= 0.3 is 0 Å². The molecule has 1 aliphatic rings. The standard InChI is InChI=1S/C12H12BrN3O2/c13-9-4-5-11(12(6-9)16(17)18)15-10-3-1-2-8(10)7-14/h4-6,8,10,15H,1-3H2/t8-,10-/m0/s1. The molecule has 0 aliphatic heterocycles. The number of nitrogens with one attached hydrogen (secondary N) is 1. The molecule has 18 heavy (non-hydrogen) atoms. The summed E-state index contributed by atoms with van der Waals surface area (Å²) in [7, 11) is 0. The predicted octanol–water partition coefficient (Wildman–Crippen LogP) is 3.46. The molecule has 1 aromatic rings. The number of halogens is 1. The molecule has 0 saturated heterocycles. The van der Waals surface area contributed by atoms with Crippen LogP contribution in [-0.2, 0) is 0 Å². The zero-order valence-electron chi connectivity index (χ0n) is 9.60. The molecule has 1 aromatic carbocycles. The van der Waals surface area contributed by atoms with Gasteiger partial charge in [-0.25, -0.2) is 0 Å². The molecule has 0 unspecified atom stereocenters. The maximum Gasteiger partial charge on any atom is 0.293 e. The van der Waals surface area contributed by atoms with Crippen molar-refractivity contribution in [3.8, 4) is 6.07 Å². The van der Waals surface area contributed by atoms with E-state index in [2.05, 4.69) is 27.3 Å². The van der Waals surface area contributed by atoms with Crippen LogP contribution < -0.4 is 5.32 Å². The highest BCUT2D eigenvalue weighted by molar-refractivity contribution is 9.10. The molecule has 0 amide bonds. The lowest BCUT2D eigenvalue weighted by molar-refractivity contribution is -0.384. The first-order chi connectivity index (χ1) is 8.61. The largest absolute Gasteiger partial charge is 0.375 e. The first-order valence-corrected chi connectivity index (χ1v) is 6.51. The third kappa shape index (κ3) is 2.62. The second-order valence-corrected chi connectivity index (χ2v) is 5.25. The van der Waals surface area contributed by atoms with Gasteiger partial charge in [-0.1, -0.05) is 15.9 Å². The fraction of sp³-hybridized carbons (Fsp3) is 0.417. The van der Waals surface area contributed by atoms with Gasteiger partial charge in [0.1, 0.15) is 5.69 Å². The molecular weight excluding hydrogens is 298 g/mol. The zero-order valence-corrected chi connectivity index (χ0v) is 11.2. The van der Waals surface area contributed by atoms with E-state index in [0.717, 1.165) is 19.3 Å². The van der Waals surface area contributed by atoms with Crippen molar-refractivity contribution in [2.45, 2.75) is 25.3 Å². The van der Waals surface area contributed by atoms with Crippen molar-refractivity contribution in [1.29, 1.82) is 5.26 Å². The number of hydrogen-bond donors (Lipinski definition) is 1. The van der Waals surface area contributed by atoms with E-state index < -0.39 is 4.92 Å². The van der Waals surface area contributed by atoms with E-state index in [0.29, 0.717) is 10.2 Å². The summed E-state index contributed by atoms with van der Waals surface area (Å²) in [6, 6.07) is 7.16. The quantitative estimate of drug-likeness (QED) is 0.685. The first kappa shape index (κ1) is 12.8. The molecule has 94 valence electrons. The van der Waals surface area contributed by atoms with E-state index in [1.807, 2.05) is 0 Å². The van der Waals surface area contributed by atoms with Crippen LogP contribution in [0, 0.1) is 27.4 Å². The van der Waals surface area contributed by atoms with E-state index in [4.69, 9.17) is 5.26 Å². The number of rotatable bonds is 3. The van der Waals surface area contributed by atoms with Crippen molar-refractivity contribution >= 4 is 27.3 Å². The van der Waals surface area contributed by atoms with Crippen LogP contribution in [0.2, 0.25) is 0 Å². The Kier molecular flexibility index (Phi) is 3.82. The van der Waals surface area contributed by atoms with Crippen LogP contribution in [0.15, 0.2) is 22.7 Å². The molecule has 1 aliphatic carbocycles. The second kappa shape index (κ2) is 5.36. The molecule has 6 heteroatoms. The SMILES string of the molecule is N#C[C@@H]1CCC[C@@H]1Nc1ccc(Br)cc1[N+](=O)[O-]. The minimum Gasteiger partial charge on any atom is -0.375 e. The summed E-state index contributed by atoms with van der Waals surface area (Å²) in [6.07, 6.45) is 2.73. The molecule has 2 atom stereocenters. The molecule has 0 radical (unpaired) electrons. The van der Waals surface area contributed by atoms with Crippen molar-refractivity contribution in [1.82, 2.24) is 0 Å². The summed E-state index contributed by atoms with van der Waals surface area (Å²) >= 11 is 3.22. The Balaban J connectivity index is 2.24. The Morgan fingerprint density at radius 1 is 1.50 bits per heavy atom. The van der Waals surface area contributed by atoms with Crippen molar-refractivity contribution in [3.05, 3.63) is 32.8 Å². The first-order valence-electron chi connectivity index (χ1n) is 5.72. The molecular formula is C12H12BrN3O2. The fourth-order valence-electron chi connectivity index (χ4n) is 2.26. The summed E-state index contributed by atoms with van der Waals surface area (Å²) in [6.45, 7) is 0. The number of benzene rings is 1. The van der Waals surface area contributed by atoms with Gasteiger partial charge in [0.25, 0.3) is 5.69 Å². The highest BCUT2D eigenvalue weighted by Gasteiger charge is 2.28. The van der Waals surface area contributed by atoms with E-state index in [9.17, 15) is 10.1 Å². The predicted molar refractivity (Wildman–Crippen MR) is 71.2 cm³/mol. The van der Waals surface area contributed by atoms with Crippen molar-refractivity contribution in [2.24, 2.45) is 5.92 Å². The summed E-state index contributed by atoms with van der Waals surface area (Å²) in [5.74, 6) is -0.0618. The van der Waals surface area contributed by atoms with E-state index >= 15 is 0 Å². The average Bonchev–Trinajstić information content (AvgIpc) is 2.78. The highest BCUT2D eigenvalue weighted by atomic mass is 79.9. The van der Waals surface area contributed by atoms with E-state index in [1.54, 1.807) is 12.1 Å². The molecule has 2 rings (SSSR count). The normalized spacial score (nSPS) is 22.4. The van der Waals surface area contributed by atoms with Crippen LogP contribution in [0.3, 0.4) is 0 Å².